The standard InChI is InChI=1S/C17H22N2O/c1-12-13(11-18)8-9-16(19-12)20-15-7-5-6-14(10-15)17(2,3)4/h5-10H,11,18H2,1-4H3. The van der Waals surface area contributed by atoms with Crippen molar-refractivity contribution in [3.8, 4) is 11.6 Å². The summed E-state index contributed by atoms with van der Waals surface area (Å²) in [6.45, 7) is 9.00. The summed E-state index contributed by atoms with van der Waals surface area (Å²) in [7, 11) is 0. The number of nitrogens with zero attached hydrogens (tertiary/aromatic N) is 1. The number of hydrogen-bond donors (Lipinski definition) is 1. The second kappa shape index (κ2) is 5.63. The SMILES string of the molecule is Cc1nc(Oc2cccc(C(C)(C)C)c2)ccc1CN. The molecule has 0 saturated carbocycles. The number of ether oxygens (including phenoxy) is 1. The van der Waals surface area contributed by atoms with E-state index >= 15 is 0 Å². The lowest BCUT2D eigenvalue weighted by Gasteiger charge is -2.19. The highest BCUT2D eigenvalue weighted by molar-refractivity contribution is 5.35. The van der Waals surface area contributed by atoms with Gasteiger partial charge in [-0.3, -0.25) is 0 Å². The van der Waals surface area contributed by atoms with E-state index in [1.54, 1.807) is 0 Å². The smallest absolute Gasteiger partial charge is 0.219 e. The van der Waals surface area contributed by atoms with E-state index < -0.39 is 0 Å². The van der Waals surface area contributed by atoms with Gasteiger partial charge in [0.2, 0.25) is 5.88 Å². The molecule has 0 unspecified atom stereocenters. The third-order valence-electron chi connectivity index (χ3n) is 3.31. The van der Waals surface area contributed by atoms with Gasteiger partial charge in [-0.15, -0.1) is 0 Å². The molecule has 0 saturated heterocycles. The molecule has 0 amide bonds. The highest BCUT2D eigenvalue weighted by atomic mass is 16.5. The quantitative estimate of drug-likeness (QED) is 0.919. The molecule has 3 nitrogen and oxygen atoms in total. The summed E-state index contributed by atoms with van der Waals surface area (Å²) in [6.07, 6.45) is 0. The van der Waals surface area contributed by atoms with E-state index in [9.17, 15) is 0 Å². The predicted octanol–water partition coefficient (Wildman–Crippen LogP) is 3.94. The Balaban J connectivity index is 2.24. The van der Waals surface area contributed by atoms with Crippen molar-refractivity contribution in [1.29, 1.82) is 0 Å². The van der Waals surface area contributed by atoms with Crippen molar-refractivity contribution in [2.45, 2.75) is 39.7 Å². The summed E-state index contributed by atoms with van der Waals surface area (Å²) < 4.78 is 5.84. The average molecular weight is 270 g/mol. The first-order valence-electron chi connectivity index (χ1n) is 6.85. The zero-order valence-corrected chi connectivity index (χ0v) is 12.6. The van der Waals surface area contributed by atoms with Crippen LogP contribution in [0.3, 0.4) is 0 Å². The van der Waals surface area contributed by atoms with Crippen LogP contribution in [0.2, 0.25) is 0 Å². The summed E-state index contributed by atoms with van der Waals surface area (Å²) in [6, 6.07) is 12.0. The van der Waals surface area contributed by atoms with Crippen LogP contribution in [-0.2, 0) is 12.0 Å². The number of rotatable bonds is 3. The highest BCUT2D eigenvalue weighted by Crippen LogP contribution is 2.28. The van der Waals surface area contributed by atoms with Gasteiger partial charge >= 0.3 is 0 Å². The van der Waals surface area contributed by atoms with Gasteiger partial charge in [0, 0.05) is 18.3 Å². The number of nitrogens with two attached hydrogens (primary N) is 1. The molecule has 106 valence electrons. The summed E-state index contributed by atoms with van der Waals surface area (Å²) >= 11 is 0. The van der Waals surface area contributed by atoms with E-state index in [1.165, 1.54) is 5.56 Å². The summed E-state index contributed by atoms with van der Waals surface area (Å²) in [5, 5.41) is 0. The van der Waals surface area contributed by atoms with Gasteiger partial charge in [0.15, 0.2) is 0 Å². The van der Waals surface area contributed by atoms with E-state index in [-0.39, 0.29) is 5.41 Å². The van der Waals surface area contributed by atoms with Gasteiger partial charge < -0.3 is 10.5 Å². The Hall–Kier alpha value is -1.87. The molecular formula is C17H22N2O. The lowest BCUT2D eigenvalue weighted by Crippen LogP contribution is -2.10. The van der Waals surface area contributed by atoms with Crippen LogP contribution in [0.5, 0.6) is 11.6 Å². The largest absolute Gasteiger partial charge is 0.439 e. The zero-order valence-electron chi connectivity index (χ0n) is 12.6. The van der Waals surface area contributed by atoms with Crippen molar-refractivity contribution in [3.63, 3.8) is 0 Å². The van der Waals surface area contributed by atoms with Crippen molar-refractivity contribution >= 4 is 0 Å². The van der Waals surface area contributed by atoms with E-state index in [2.05, 4.69) is 37.9 Å². The fourth-order valence-corrected chi connectivity index (χ4v) is 1.99. The molecule has 2 N–H and O–H groups in total. The van der Waals surface area contributed by atoms with Gasteiger partial charge in [-0.25, -0.2) is 4.98 Å². The number of hydrogen-bond acceptors (Lipinski definition) is 3. The lowest BCUT2D eigenvalue weighted by atomic mass is 9.87. The molecule has 0 bridgehead atoms. The number of aromatic nitrogens is 1. The molecule has 1 heterocycles. The fraction of sp³-hybridized carbons (Fsp3) is 0.353. The Morgan fingerprint density at radius 2 is 1.90 bits per heavy atom. The molecule has 0 spiro atoms. The normalized spacial score (nSPS) is 11.4. The monoisotopic (exact) mass is 270 g/mol. The first-order valence-corrected chi connectivity index (χ1v) is 6.85. The molecular weight excluding hydrogens is 248 g/mol. The minimum Gasteiger partial charge on any atom is -0.439 e. The van der Waals surface area contributed by atoms with Gasteiger partial charge in [0.25, 0.3) is 0 Å². The maximum absolute atomic E-state index is 5.84. The van der Waals surface area contributed by atoms with E-state index in [4.69, 9.17) is 10.5 Å². The molecule has 0 fully saturated rings. The molecule has 2 rings (SSSR count). The minimum atomic E-state index is 0.103. The van der Waals surface area contributed by atoms with Crippen LogP contribution >= 0.6 is 0 Å². The van der Waals surface area contributed by atoms with Crippen LogP contribution in [0.25, 0.3) is 0 Å². The molecule has 0 aliphatic heterocycles. The summed E-state index contributed by atoms with van der Waals surface area (Å²) in [4.78, 5) is 4.43. The van der Waals surface area contributed by atoms with Crippen molar-refractivity contribution in [2.24, 2.45) is 5.73 Å². The molecule has 0 atom stereocenters. The summed E-state index contributed by atoms with van der Waals surface area (Å²) in [5.41, 5.74) is 8.94. The topological polar surface area (TPSA) is 48.1 Å². The highest BCUT2D eigenvalue weighted by Gasteiger charge is 2.14. The molecule has 1 aromatic heterocycles. The van der Waals surface area contributed by atoms with Gasteiger partial charge in [0.1, 0.15) is 5.75 Å². The maximum atomic E-state index is 5.84. The third kappa shape index (κ3) is 3.36. The number of pyridine rings is 1. The lowest BCUT2D eigenvalue weighted by molar-refractivity contribution is 0.458. The van der Waals surface area contributed by atoms with Gasteiger partial charge in [-0.2, -0.15) is 0 Å². The molecule has 2 aromatic rings. The summed E-state index contributed by atoms with van der Waals surface area (Å²) in [5.74, 6) is 1.41. The van der Waals surface area contributed by atoms with E-state index in [0.717, 1.165) is 17.0 Å². The van der Waals surface area contributed by atoms with Crippen molar-refractivity contribution in [3.05, 3.63) is 53.2 Å². The Morgan fingerprint density at radius 3 is 2.50 bits per heavy atom. The molecule has 0 radical (unpaired) electrons. The number of benzene rings is 1. The Bertz CT molecular complexity index is 600. The maximum Gasteiger partial charge on any atom is 0.219 e. The van der Waals surface area contributed by atoms with Crippen molar-refractivity contribution in [1.82, 2.24) is 4.98 Å². The van der Waals surface area contributed by atoms with Crippen LogP contribution in [0.15, 0.2) is 36.4 Å². The third-order valence-corrected chi connectivity index (χ3v) is 3.31. The Kier molecular flexibility index (Phi) is 4.09. The van der Waals surface area contributed by atoms with Crippen LogP contribution in [0, 0.1) is 6.92 Å². The second-order valence-corrected chi connectivity index (χ2v) is 5.98. The van der Waals surface area contributed by atoms with Crippen molar-refractivity contribution < 1.29 is 4.74 Å². The predicted molar refractivity (Wildman–Crippen MR) is 82.1 cm³/mol. The minimum absolute atomic E-state index is 0.103. The first kappa shape index (κ1) is 14.5. The molecule has 0 aliphatic rings. The molecule has 20 heavy (non-hydrogen) atoms. The van der Waals surface area contributed by atoms with Crippen molar-refractivity contribution in [2.75, 3.05) is 0 Å². The zero-order chi connectivity index (χ0) is 14.8. The molecule has 1 aromatic carbocycles. The fourth-order valence-electron chi connectivity index (χ4n) is 1.99. The number of aryl methyl sites for hydroxylation is 1. The Labute approximate surface area is 120 Å². The molecule has 3 heteroatoms. The van der Waals surface area contributed by atoms with E-state index in [1.807, 2.05) is 31.2 Å². The van der Waals surface area contributed by atoms with Crippen LogP contribution in [-0.4, -0.2) is 4.98 Å². The molecule has 0 aliphatic carbocycles. The van der Waals surface area contributed by atoms with Gasteiger partial charge in [0.05, 0.1) is 0 Å². The Morgan fingerprint density at radius 1 is 1.15 bits per heavy atom. The van der Waals surface area contributed by atoms with Gasteiger partial charge in [-0.1, -0.05) is 39.0 Å². The van der Waals surface area contributed by atoms with E-state index in [0.29, 0.717) is 12.4 Å². The van der Waals surface area contributed by atoms with Crippen LogP contribution in [0.4, 0.5) is 0 Å². The average Bonchev–Trinajstić information content (AvgIpc) is 2.38. The van der Waals surface area contributed by atoms with Crippen LogP contribution < -0.4 is 10.5 Å². The second-order valence-electron chi connectivity index (χ2n) is 5.98. The first-order chi connectivity index (χ1) is 9.40. The van der Waals surface area contributed by atoms with Gasteiger partial charge in [-0.05, 0) is 35.6 Å². The van der Waals surface area contributed by atoms with Crippen LogP contribution in [0.1, 0.15) is 37.6 Å².